The lowest BCUT2D eigenvalue weighted by atomic mass is 10.1. The van der Waals surface area contributed by atoms with E-state index >= 15 is 0 Å². The second-order valence-electron chi connectivity index (χ2n) is 7.08. The van der Waals surface area contributed by atoms with Crippen LogP contribution in [0.4, 0.5) is 8.78 Å². The van der Waals surface area contributed by atoms with E-state index in [1.54, 1.807) is 7.11 Å². The highest BCUT2D eigenvalue weighted by atomic mass is 19.2. The summed E-state index contributed by atoms with van der Waals surface area (Å²) in [7, 11) is 1.60. The summed E-state index contributed by atoms with van der Waals surface area (Å²) < 4.78 is 32.6. The van der Waals surface area contributed by atoms with Crippen LogP contribution in [-0.2, 0) is 22.6 Å². The van der Waals surface area contributed by atoms with Gasteiger partial charge in [0.15, 0.2) is 11.6 Å². The maximum absolute atomic E-state index is 14.0. The number of hydrogen-bond donors (Lipinski definition) is 1. The topological polar surface area (TPSA) is 58.6 Å². The lowest BCUT2D eigenvalue weighted by Crippen LogP contribution is -2.37. The normalized spacial score (nSPS) is 16.2. The van der Waals surface area contributed by atoms with Crippen molar-refractivity contribution in [1.29, 1.82) is 0 Å². The molecule has 1 heterocycles. The molecule has 0 spiro atoms. The summed E-state index contributed by atoms with van der Waals surface area (Å²) in [6.45, 7) is 0.426. The van der Waals surface area contributed by atoms with E-state index < -0.39 is 11.6 Å². The zero-order valence-electron chi connectivity index (χ0n) is 16.3. The fraction of sp³-hybridized carbons (Fsp3) is 0.364. The van der Waals surface area contributed by atoms with Crippen LogP contribution in [0.25, 0.3) is 0 Å². The fourth-order valence-electron chi connectivity index (χ4n) is 3.54. The van der Waals surface area contributed by atoms with Crippen molar-refractivity contribution in [2.45, 2.75) is 38.3 Å². The Morgan fingerprint density at radius 2 is 2.03 bits per heavy atom. The maximum atomic E-state index is 14.0. The van der Waals surface area contributed by atoms with E-state index in [0.29, 0.717) is 25.8 Å². The molecule has 29 heavy (non-hydrogen) atoms. The third kappa shape index (κ3) is 5.31. The average Bonchev–Trinajstić information content (AvgIpc) is 3.05. The van der Waals surface area contributed by atoms with Crippen LogP contribution in [0.2, 0.25) is 0 Å². The molecule has 1 saturated heterocycles. The SMILES string of the molecule is COc1cccc(CCNC(=O)CC2CCC(=O)N2Cc2cccc(F)c2F)c1. The first-order valence-corrected chi connectivity index (χ1v) is 9.60. The molecule has 2 amide bonds. The van der Waals surface area contributed by atoms with Crippen LogP contribution >= 0.6 is 0 Å². The molecule has 154 valence electrons. The van der Waals surface area contributed by atoms with E-state index in [2.05, 4.69) is 5.32 Å². The summed E-state index contributed by atoms with van der Waals surface area (Å²) in [5, 5.41) is 2.86. The molecule has 1 atom stereocenters. The summed E-state index contributed by atoms with van der Waals surface area (Å²) >= 11 is 0. The van der Waals surface area contributed by atoms with Crippen LogP contribution in [-0.4, -0.2) is 36.4 Å². The number of likely N-dealkylation sites (tertiary alicyclic amines) is 1. The van der Waals surface area contributed by atoms with Crippen molar-refractivity contribution in [2.24, 2.45) is 0 Å². The van der Waals surface area contributed by atoms with Crippen LogP contribution in [0.1, 0.15) is 30.4 Å². The van der Waals surface area contributed by atoms with E-state index in [1.807, 2.05) is 24.3 Å². The largest absolute Gasteiger partial charge is 0.497 e. The van der Waals surface area contributed by atoms with Gasteiger partial charge in [0.2, 0.25) is 11.8 Å². The molecule has 1 aliphatic heterocycles. The molecule has 7 heteroatoms. The average molecular weight is 402 g/mol. The number of halogens is 2. The monoisotopic (exact) mass is 402 g/mol. The summed E-state index contributed by atoms with van der Waals surface area (Å²) in [4.78, 5) is 26.0. The number of benzene rings is 2. The Labute approximate surface area is 168 Å². The van der Waals surface area contributed by atoms with Crippen molar-refractivity contribution in [3.05, 3.63) is 65.2 Å². The number of nitrogens with one attached hydrogen (secondary N) is 1. The zero-order chi connectivity index (χ0) is 20.8. The fourth-order valence-corrected chi connectivity index (χ4v) is 3.54. The number of methoxy groups -OCH3 is 1. The van der Waals surface area contributed by atoms with Crippen LogP contribution in [0.5, 0.6) is 5.75 Å². The van der Waals surface area contributed by atoms with Crippen molar-refractivity contribution in [3.63, 3.8) is 0 Å². The minimum atomic E-state index is -0.950. The Balaban J connectivity index is 1.53. The van der Waals surface area contributed by atoms with E-state index in [1.165, 1.54) is 17.0 Å². The lowest BCUT2D eigenvalue weighted by molar-refractivity contribution is -0.130. The van der Waals surface area contributed by atoms with Gasteiger partial charge in [-0.2, -0.15) is 0 Å². The quantitative estimate of drug-likeness (QED) is 0.738. The molecule has 0 saturated carbocycles. The van der Waals surface area contributed by atoms with Gasteiger partial charge in [0.05, 0.1) is 7.11 Å². The second kappa shape index (κ2) is 9.49. The van der Waals surface area contributed by atoms with Gasteiger partial charge in [0.1, 0.15) is 5.75 Å². The molecule has 0 aliphatic carbocycles. The first kappa shape index (κ1) is 20.8. The van der Waals surface area contributed by atoms with E-state index in [0.717, 1.165) is 17.4 Å². The van der Waals surface area contributed by atoms with Crippen molar-refractivity contribution in [3.8, 4) is 5.75 Å². The third-order valence-corrected chi connectivity index (χ3v) is 5.12. The van der Waals surface area contributed by atoms with Gasteiger partial charge in [-0.3, -0.25) is 9.59 Å². The van der Waals surface area contributed by atoms with Gasteiger partial charge in [-0.25, -0.2) is 8.78 Å². The molecule has 2 aromatic rings. The first-order chi connectivity index (χ1) is 14.0. The minimum absolute atomic E-state index is 0.0375. The van der Waals surface area contributed by atoms with Gasteiger partial charge in [0, 0.05) is 37.5 Å². The van der Waals surface area contributed by atoms with Crippen molar-refractivity contribution in [2.75, 3.05) is 13.7 Å². The molecule has 0 bridgehead atoms. The maximum Gasteiger partial charge on any atom is 0.223 e. The van der Waals surface area contributed by atoms with Crippen molar-refractivity contribution >= 4 is 11.8 Å². The molecule has 1 N–H and O–H groups in total. The van der Waals surface area contributed by atoms with Crippen molar-refractivity contribution < 1.29 is 23.1 Å². The predicted molar refractivity (Wildman–Crippen MR) is 104 cm³/mol. The minimum Gasteiger partial charge on any atom is -0.497 e. The Morgan fingerprint density at radius 3 is 2.83 bits per heavy atom. The molecule has 1 unspecified atom stereocenters. The molecule has 1 aliphatic rings. The van der Waals surface area contributed by atoms with Crippen LogP contribution in [0.3, 0.4) is 0 Å². The highest BCUT2D eigenvalue weighted by Crippen LogP contribution is 2.25. The van der Waals surface area contributed by atoms with Gasteiger partial charge in [-0.1, -0.05) is 24.3 Å². The highest BCUT2D eigenvalue weighted by Gasteiger charge is 2.33. The Bertz CT molecular complexity index is 888. The van der Waals surface area contributed by atoms with Crippen LogP contribution in [0, 0.1) is 11.6 Å². The van der Waals surface area contributed by atoms with Gasteiger partial charge in [-0.05, 0) is 36.6 Å². The first-order valence-electron chi connectivity index (χ1n) is 9.60. The highest BCUT2D eigenvalue weighted by molar-refractivity contribution is 5.82. The molecule has 3 rings (SSSR count). The summed E-state index contributed by atoms with van der Waals surface area (Å²) in [6.07, 6.45) is 1.63. The standard InChI is InChI=1S/C22H24F2N2O3/c1-29-18-6-2-4-15(12-18)10-11-25-20(27)13-17-8-9-21(28)26(17)14-16-5-3-7-19(23)22(16)24/h2-7,12,17H,8-11,13-14H2,1H3,(H,25,27). The van der Waals surface area contributed by atoms with Gasteiger partial charge in [-0.15, -0.1) is 0 Å². The number of amides is 2. The number of carbonyl (C=O) groups is 2. The van der Waals surface area contributed by atoms with Crippen LogP contribution < -0.4 is 10.1 Å². The molecule has 0 aromatic heterocycles. The Kier molecular flexibility index (Phi) is 6.80. The summed E-state index contributed by atoms with van der Waals surface area (Å²) in [5.74, 6) is -1.45. The molecular weight excluding hydrogens is 378 g/mol. The van der Waals surface area contributed by atoms with E-state index in [-0.39, 0.29) is 36.4 Å². The third-order valence-electron chi connectivity index (χ3n) is 5.12. The number of nitrogens with zero attached hydrogens (tertiary/aromatic N) is 1. The number of ether oxygens (including phenoxy) is 1. The number of carbonyl (C=O) groups excluding carboxylic acids is 2. The second-order valence-corrected chi connectivity index (χ2v) is 7.08. The van der Waals surface area contributed by atoms with Crippen molar-refractivity contribution in [1.82, 2.24) is 10.2 Å². The lowest BCUT2D eigenvalue weighted by Gasteiger charge is -2.25. The zero-order valence-corrected chi connectivity index (χ0v) is 16.3. The molecule has 1 fully saturated rings. The van der Waals surface area contributed by atoms with E-state index in [4.69, 9.17) is 4.74 Å². The predicted octanol–water partition coefficient (Wildman–Crippen LogP) is 3.21. The smallest absolute Gasteiger partial charge is 0.223 e. The number of rotatable bonds is 8. The van der Waals surface area contributed by atoms with Gasteiger partial charge in [0.25, 0.3) is 0 Å². The Morgan fingerprint density at radius 1 is 1.24 bits per heavy atom. The van der Waals surface area contributed by atoms with E-state index in [9.17, 15) is 18.4 Å². The molecule has 2 aromatic carbocycles. The molecular formula is C22H24F2N2O3. The summed E-state index contributed by atoms with van der Waals surface area (Å²) in [6, 6.07) is 11.2. The Hall–Kier alpha value is -2.96. The molecule has 0 radical (unpaired) electrons. The van der Waals surface area contributed by atoms with Gasteiger partial charge >= 0.3 is 0 Å². The van der Waals surface area contributed by atoms with Gasteiger partial charge < -0.3 is 15.0 Å². The van der Waals surface area contributed by atoms with Crippen LogP contribution in [0.15, 0.2) is 42.5 Å². The molecule has 5 nitrogen and oxygen atoms in total. The number of hydrogen-bond acceptors (Lipinski definition) is 3. The summed E-state index contributed by atoms with van der Waals surface area (Å²) in [5.41, 5.74) is 1.16.